The van der Waals surface area contributed by atoms with Crippen LogP contribution in [0.4, 0.5) is 18.3 Å². The molecular formula is C20H15F3N2OS2. The second kappa shape index (κ2) is 7.60. The Morgan fingerprint density at radius 1 is 1.14 bits per heavy atom. The lowest BCUT2D eigenvalue weighted by molar-refractivity contribution is -0.137. The molecule has 8 heteroatoms. The maximum atomic E-state index is 12.6. The highest BCUT2D eigenvalue weighted by Crippen LogP contribution is 2.37. The molecule has 1 unspecified atom stereocenters. The Kier molecular flexibility index (Phi) is 5.16. The summed E-state index contributed by atoms with van der Waals surface area (Å²) in [6, 6.07) is 13.1. The van der Waals surface area contributed by atoms with Crippen molar-refractivity contribution in [1.29, 1.82) is 0 Å². The minimum absolute atomic E-state index is 0.0865. The number of hydrogen-bond donors (Lipinski definition) is 1. The van der Waals surface area contributed by atoms with E-state index in [0.29, 0.717) is 18.0 Å². The van der Waals surface area contributed by atoms with Gasteiger partial charge in [-0.25, -0.2) is 4.98 Å². The van der Waals surface area contributed by atoms with Crippen molar-refractivity contribution in [3.8, 4) is 0 Å². The molecule has 0 saturated carbocycles. The smallest absolute Gasteiger partial charge is 0.301 e. The van der Waals surface area contributed by atoms with Gasteiger partial charge >= 0.3 is 6.18 Å². The molecule has 0 saturated heterocycles. The van der Waals surface area contributed by atoms with E-state index < -0.39 is 11.7 Å². The number of benzene rings is 2. The van der Waals surface area contributed by atoms with E-state index in [1.807, 2.05) is 24.3 Å². The van der Waals surface area contributed by atoms with Crippen molar-refractivity contribution in [2.24, 2.45) is 0 Å². The number of nitrogens with one attached hydrogen (secondary N) is 1. The van der Waals surface area contributed by atoms with Crippen LogP contribution >= 0.6 is 23.1 Å². The van der Waals surface area contributed by atoms with E-state index in [4.69, 9.17) is 0 Å². The number of nitrogens with zero attached hydrogens (tertiary/aromatic N) is 1. The summed E-state index contributed by atoms with van der Waals surface area (Å²) in [4.78, 5) is 18.7. The van der Waals surface area contributed by atoms with Gasteiger partial charge in [0, 0.05) is 22.4 Å². The van der Waals surface area contributed by atoms with Gasteiger partial charge in [-0.2, -0.15) is 13.2 Å². The van der Waals surface area contributed by atoms with Crippen molar-refractivity contribution >= 4 is 34.1 Å². The van der Waals surface area contributed by atoms with Crippen LogP contribution < -0.4 is 5.32 Å². The number of hydrogen-bond acceptors (Lipinski definition) is 4. The first-order chi connectivity index (χ1) is 13.4. The zero-order valence-corrected chi connectivity index (χ0v) is 16.1. The molecular weight excluding hydrogens is 405 g/mol. The molecule has 1 amide bonds. The third-order valence-electron chi connectivity index (χ3n) is 4.38. The van der Waals surface area contributed by atoms with Crippen LogP contribution in [-0.2, 0) is 23.8 Å². The van der Waals surface area contributed by atoms with Crippen LogP contribution in [0.15, 0.2) is 59.6 Å². The van der Waals surface area contributed by atoms with Crippen LogP contribution in [0.1, 0.15) is 21.6 Å². The molecule has 28 heavy (non-hydrogen) atoms. The number of fused-ring (bicyclic) bond motifs is 1. The Balaban J connectivity index is 1.36. The third kappa shape index (κ3) is 4.23. The molecule has 144 valence electrons. The van der Waals surface area contributed by atoms with Gasteiger partial charge in [0.05, 0.1) is 10.8 Å². The normalized spacial score (nSPS) is 16.0. The van der Waals surface area contributed by atoms with Crippen LogP contribution in [-0.4, -0.2) is 16.1 Å². The molecule has 0 spiro atoms. The highest BCUT2D eigenvalue weighted by molar-refractivity contribution is 8.01. The van der Waals surface area contributed by atoms with E-state index in [1.165, 1.54) is 29.0 Å². The lowest BCUT2D eigenvalue weighted by Gasteiger charge is -2.07. The molecule has 2 aromatic carbocycles. The zero-order chi connectivity index (χ0) is 19.7. The summed E-state index contributed by atoms with van der Waals surface area (Å²) < 4.78 is 37.9. The third-order valence-corrected chi connectivity index (χ3v) is 6.61. The summed E-state index contributed by atoms with van der Waals surface area (Å²) in [7, 11) is 0. The van der Waals surface area contributed by atoms with Crippen LogP contribution in [0.5, 0.6) is 0 Å². The molecule has 1 atom stereocenters. The van der Waals surface area contributed by atoms with Crippen molar-refractivity contribution in [1.82, 2.24) is 4.98 Å². The number of carbonyl (C=O) groups excluding carboxylic acids is 1. The van der Waals surface area contributed by atoms with Crippen molar-refractivity contribution in [3.63, 3.8) is 0 Å². The van der Waals surface area contributed by atoms with Gasteiger partial charge in [0.1, 0.15) is 0 Å². The zero-order valence-electron chi connectivity index (χ0n) is 14.5. The van der Waals surface area contributed by atoms with E-state index >= 15 is 0 Å². The van der Waals surface area contributed by atoms with Gasteiger partial charge in [-0.3, -0.25) is 4.79 Å². The summed E-state index contributed by atoms with van der Waals surface area (Å²) in [6.07, 6.45) is -1.53. The predicted molar refractivity (Wildman–Crippen MR) is 105 cm³/mol. The number of anilines is 1. The molecule has 3 aromatic rings. The number of carbonyl (C=O) groups is 1. The SMILES string of the molecule is O=C(Nc1ncc(Cc2ccc(C(F)(F)F)cc2)s1)C1Cc2ccccc2S1. The fourth-order valence-electron chi connectivity index (χ4n) is 2.97. The van der Waals surface area contributed by atoms with Gasteiger partial charge in [-0.1, -0.05) is 30.3 Å². The standard InChI is InChI=1S/C20H15F3N2OS2/c21-20(22,23)14-7-5-12(6-8-14)9-15-11-24-19(27-15)25-18(26)17-10-13-3-1-2-4-16(13)28-17/h1-8,11,17H,9-10H2,(H,24,25,26). The molecule has 0 aliphatic carbocycles. The fraction of sp³-hybridized carbons (Fsp3) is 0.200. The summed E-state index contributed by atoms with van der Waals surface area (Å²) in [5, 5.41) is 3.18. The highest BCUT2D eigenvalue weighted by Gasteiger charge is 2.30. The Morgan fingerprint density at radius 2 is 1.89 bits per heavy atom. The summed E-state index contributed by atoms with van der Waals surface area (Å²) >= 11 is 2.88. The average molecular weight is 420 g/mol. The summed E-state index contributed by atoms with van der Waals surface area (Å²) in [5.41, 5.74) is 1.27. The first kappa shape index (κ1) is 19.0. The number of alkyl halides is 3. The van der Waals surface area contributed by atoms with Gasteiger partial charge in [0.2, 0.25) is 5.91 Å². The van der Waals surface area contributed by atoms with E-state index in [0.717, 1.165) is 27.5 Å². The first-order valence-electron chi connectivity index (χ1n) is 8.55. The Bertz CT molecular complexity index is 974. The van der Waals surface area contributed by atoms with E-state index in [1.54, 1.807) is 18.0 Å². The molecule has 4 rings (SSSR count). The van der Waals surface area contributed by atoms with Crippen LogP contribution in [0.25, 0.3) is 0 Å². The molecule has 0 fully saturated rings. The van der Waals surface area contributed by atoms with Gasteiger partial charge in [0.25, 0.3) is 0 Å². The van der Waals surface area contributed by atoms with Crippen LogP contribution in [0.3, 0.4) is 0 Å². The molecule has 2 heterocycles. The molecule has 0 radical (unpaired) electrons. The molecule has 0 bridgehead atoms. The molecule has 1 N–H and O–H groups in total. The lowest BCUT2D eigenvalue weighted by atomic mass is 10.1. The number of thiazole rings is 1. The van der Waals surface area contributed by atoms with Crippen LogP contribution in [0, 0.1) is 0 Å². The number of halogens is 3. The topological polar surface area (TPSA) is 42.0 Å². The predicted octanol–water partition coefficient (Wildman–Crippen LogP) is 5.41. The van der Waals surface area contributed by atoms with Crippen molar-refractivity contribution in [2.45, 2.75) is 29.2 Å². The number of rotatable bonds is 4. The van der Waals surface area contributed by atoms with Crippen molar-refractivity contribution < 1.29 is 18.0 Å². The number of amides is 1. The Labute approximate surface area is 168 Å². The fourth-order valence-corrected chi connectivity index (χ4v) is 5.02. The van der Waals surface area contributed by atoms with Crippen molar-refractivity contribution in [2.75, 3.05) is 5.32 Å². The minimum atomic E-state index is -4.33. The summed E-state index contributed by atoms with van der Waals surface area (Å²) in [6.45, 7) is 0. The first-order valence-corrected chi connectivity index (χ1v) is 10.2. The highest BCUT2D eigenvalue weighted by atomic mass is 32.2. The largest absolute Gasteiger partial charge is 0.416 e. The molecule has 1 aliphatic heterocycles. The molecule has 1 aliphatic rings. The maximum absolute atomic E-state index is 12.6. The number of aromatic nitrogens is 1. The van der Waals surface area contributed by atoms with Crippen molar-refractivity contribution in [3.05, 3.63) is 76.3 Å². The Hall–Kier alpha value is -2.32. The summed E-state index contributed by atoms with van der Waals surface area (Å²) in [5.74, 6) is -0.0865. The van der Waals surface area contributed by atoms with Crippen LogP contribution in [0.2, 0.25) is 0 Å². The van der Waals surface area contributed by atoms with E-state index in [9.17, 15) is 18.0 Å². The van der Waals surface area contributed by atoms with Gasteiger partial charge < -0.3 is 5.32 Å². The second-order valence-corrected chi connectivity index (χ2v) is 8.77. The maximum Gasteiger partial charge on any atom is 0.416 e. The van der Waals surface area contributed by atoms with Gasteiger partial charge in [-0.15, -0.1) is 23.1 Å². The van der Waals surface area contributed by atoms with Gasteiger partial charge in [0.15, 0.2) is 5.13 Å². The molecule has 3 nitrogen and oxygen atoms in total. The Morgan fingerprint density at radius 3 is 2.61 bits per heavy atom. The lowest BCUT2D eigenvalue weighted by Crippen LogP contribution is -2.24. The van der Waals surface area contributed by atoms with Gasteiger partial charge in [-0.05, 0) is 35.7 Å². The second-order valence-electron chi connectivity index (χ2n) is 6.41. The molecule has 1 aromatic heterocycles. The quantitative estimate of drug-likeness (QED) is 0.614. The van der Waals surface area contributed by atoms with E-state index in [2.05, 4.69) is 10.3 Å². The number of thioether (sulfide) groups is 1. The average Bonchev–Trinajstić information content (AvgIpc) is 3.28. The monoisotopic (exact) mass is 420 g/mol. The minimum Gasteiger partial charge on any atom is -0.301 e. The van der Waals surface area contributed by atoms with E-state index in [-0.39, 0.29) is 11.2 Å².